The Balaban J connectivity index is 1.39. The molecule has 2 fully saturated rings. The van der Waals surface area contributed by atoms with Crippen molar-refractivity contribution in [2.75, 3.05) is 11.9 Å². The third-order valence-electron chi connectivity index (χ3n) is 9.64. The molecule has 7 rings (SSSR count). The number of pyridine rings is 1. The van der Waals surface area contributed by atoms with Gasteiger partial charge in [0.25, 0.3) is 0 Å². The van der Waals surface area contributed by atoms with E-state index in [1.165, 1.54) is 6.07 Å². The number of aromatic nitrogens is 3. The Hall–Kier alpha value is -4.19. The largest absolute Gasteiger partial charge is 0.351 e. The van der Waals surface area contributed by atoms with Crippen molar-refractivity contribution in [2.24, 2.45) is 11.8 Å². The third kappa shape index (κ3) is 4.54. The Morgan fingerprint density at radius 2 is 1.76 bits per heavy atom. The van der Waals surface area contributed by atoms with Crippen molar-refractivity contribution in [1.82, 2.24) is 15.0 Å². The van der Waals surface area contributed by atoms with Crippen LogP contribution in [0.2, 0.25) is 0 Å². The summed E-state index contributed by atoms with van der Waals surface area (Å²) in [5.74, 6) is 0.986. The standard InChI is InChI=1S/C36H35FN4O/c1-22-29-16-15-28-32(27-11-7-8-12-30(27)37)39-35(24-17-18-38-31(19-24)23-13-14-23)40-34(28)36(29,2)20-25(33(22)42)21-41(3)26-9-5-4-6-10-26/h4-12,17-19,21-23,29H,13-16,20H2,1-3H3/b25-21-/t22-,29-,36-/m1/s1. The van der Waals surface area contributed by atoms with E-state index in [-0.39, 0.29) is 23.4 Å². The predicted octanol–water partition coefficient (Wildman–Crippen LogP) is 7.67. The molecule has 2 aromatic heterocycles. The molecule has 4 aromatic rings. The van der Waals surface area contributed by atoms with Crippen LogP contribution in [0.25, 0.3) is 22.6 Å². The van der Waals surface area contributed by atoms with Crippen molar-refractivity contribution in [3.63, 3.8) is 0 Å². The Morgan fingerprint density at radius 1 is 1.00 bits per heavy atom. The predicted molar refractivity (Wildman–Crippen MR) is 164 cm³/mol. The highest BCUT2D eigenvalue weighted by molar-refractivity contribution is 5.99. The second kappa shape index (κ2) is 10.3. The minimum atomic E-state index is -0.408. The number of ketones is 1. The molecule has 212 valence electrons. The summed E-state index contributed by atoms with van der Waals surface area (Å²) >= 11 is 0. The Morgan fingerprint density at radius 3 is 2.52 bits per heavy atom. The zero-order chi connectivity index (χ0) is 29.0. The van der Waals surface area contributed by atoms with Gasteiger partial charge in [-0.25, -0.2) is 14.4 Å². The maximum atomic E-state index is 15.3. The van der Waals surface area contributed by atoms with Crippen molar-refractivity contribution in [1.29, 1.82) is 0 Å². The molecule has 3 aliphatic carbocycles. The van der Waals surface area contributed by atoms with Gasteiger partial charge < -0.3 is 4.90 Å². The van der Waals surface area contributed by atoms with Gasteiger partial charge in [-0.1, -0.05) is 44.2 Å². The number of hydrogen-bond acceptors (Lipinski definition) is 5. The number of benzene rings is 2. The molecular formula is C36H35FN4O. The van der Waals surface area contributed by atoms with E-state index >= 15 is 4.39 Å². The molecule has 3 aliphatic rings. The van der Waals surface area contributed by atoms with E-state index in [9.17, 15) is 4.79 Å². The van der Waals surface area contributed by atoms with Crippen LogP contribution in [0.3, 0.4) is 0 Å². The first-order valence-electron chi connectivity index (χ1n) is 15.0. The number of fused-ring (bicyclic) bond motifs is 3. The number of rotatable bonds is 5. The highest BCUT2D eigenvalue weighted by Gasteiger charge is 2.51. The molecule has 2 saturated carbocycles. The highest BCUT2D eigenvalue weighted by Crippen LogP contribution is 2.53. The second-order valence-corrected chi connectivity index (χ2v) is 12.4. The molecular weight excluding hydrogens is 523 g/mol. The maximum absolute atomic E-state index is 15.3. The molecule has 0 saturated heterocycles. The van der Waals surface area contributed by atoms with Gasteiger partial charge >= 0.3 is 0 Å². The SMILES string of the molecule is C[C@H]1C(=O)/C(=C\N(C)c2ccccc2)C[C@@]2(C)c3nc(-c4ccnc(C5CC5)c4)nc(-c4ccccc4F)c3CC[C@H]12. The van der Waals surface area contributed by atoms with E-state index in [1.807, 2.05) is 72.9 Å². The van der Waals surface area contributed by atoms with E-state index in [1.54, 1.807) is 6.07 Å². The van der Waals surface area contributed by atoms with Crippen molar-refractivity contribution < 1.29 is 9.18 Å². The summed E-state index contributed by atoms with van der Waals surface area (Å²) in [5, 5.41) is 0. The third-order valence-corrected chi connectivity index (χ3v) is 9.64. The normalized spacial score (nSPS) is 24.3. The molecule has 0 amide bonds. The van der Waals surface area contributed by atoms with Crippen LogP contribution in [0.1, 0.15) is 62.4 Å². The number of carbonyl (C=O) groups excluding carboxylic acids is 1. The smallest absolute Gasteiger partial charge is 0.163 e. The molecule has 0 bridgehead atoms. The van der Waals surface area contributed by atoms with E-state index in [0.29, 0.717) is 35.8 Å². The summed E-state index contributed by atoms with van der Waals surface area (Å²) in [5.41, 5.74) is 6.48. The molecule has 5 nitrogen and oxygen atoms in total. The Kier molecular flexibility index (Phi) is 6.52. The van der Waals surface area contributed by atoms with Crippen LogP contribution in [-0.4, -0.2) is 27.8 Å². The van der Waals surface area contributed by atoms with Crippen molar-refractivity contribution in [3.05, 3.63) is 107 Å². The molecule has 42 heavy (non-hydrogen) atoms. The fourth-order valence-corrected chi connectivity index (χ4v) is 7.24. The number of halogens is 1. The lowest BCUT2D eigenvalue weighted by Crippen LogP contribution is -2.48. The van der Waals surface area contributed by atoms with E-state index in [0.717, 1.165) is 53.0 Å². The average Bonchev–Trinajstić information content (AvgIpc) is 3.86. The lowest BCUT2D eigenvalue weighted by Gasteiger charge is -2.49. The summed E-state index contributed by atoms with van der Waals surface area (Å²) in [7, 11) is 1.99. The van der Waals surface area contributed by atoms with Crippen LogP contribution >= 0.6 is 0 Å². The monoisotopic (exact) mass is 558 g/mol. The van der Waals surface area contributed by atoms with Crippen LogP contribution in [0.5, 0.6) is 0 Å². The molecule has 2 aromatic carbocycles. The highest BCUT2D eigenvalue weighted by atomic mass is 19.1. The topological polar surface area (TPSA) is 59.0 Å². The fourth-order valence-electron chi connectivity index (χ4n) is 7.24. The maximum Gasteiger partial charge on any atom is 0.163 e. The van der Waals surface area contributed by atoms with Crippen LogP contribution in [0, 0.1) is 17.7 Å². The number of Topliss-reactive ketones (excluding diaryl/α,β-unsaturated/α-hetero) is 1. The summed E-state index contributed by atoms with van der Waals surface area (Å²) in [6.45, 7) is 4.31. The molecule has 6 heteroatoms. The van der Waals surface area contributed by atoms with Crippen molar-refractivity contribution in [2.45, 2.75) is 57.3 Å². The molecule has 3 atom stereocenters. The van der Waals surface area contributed by atoms with Gasteiger partial charge in [-0.05, 0) is 74.4 Å². The van der Waals surface area contributed by atoms with Crippen LogP contribution < -0.4 is 4.90 Å². The molecule has 0 unspecified atom stereocenters. The number of hydrogen-bond donors (Lipinski definition) is 0. The first-order chi connectivity index (χ1) is 20.3. The quantitative estimate of drug-likeness (QED) is 0.235. The van der Waals surface area contributed by atoms with Gasteiger partial charge in [0.15, 0.2) is 11.6 Å². The fraction of sp³-hybridized carbons (Fsp3) is 0.333. The molecule has 0 spiro atoms. The summed E-state index contributed by atoms with van der Waals surface area (Å²) in [6.07, 6.45) is 8.25. The minimum Gasteiger partial charge on any atom is -0.351 e. The first-order valence-corrected chi connectivity index (χ1v) is 15.0. The Bertz CT molecular complexity index is 1710. The zero-order valence-corrected chi connectivity index (χ0v) is 24.3. The van der Waals surface area contributed by atoms with Crippen molar-refractivity contribution in [3.8, 4) is 22.6 Å². The molecule has 0 N–H and O–H groups in total. The van der Waals surface area contributed by atoms with E-state index < -0.39 is 5.41 Å². The molecule has 0 aliphatic heterocycles. The summed E-state index contributed by atoms with van der Waals surface area (Å²) < 4.78 is 15.3. The number of carbonyl (C=O) groups is 1. The van der Waals surface area contributed by atoms with Gasteiger partial charge in [0.2, 0.25) is 0 Å². The van der Waals surface area contributed by atoms with Crippen molar-refractivity contribution >= 4 is 11.5 Å². The van der Waals surface area contributed by atoms with Gasteiger partial charge in [0.05, 0.1) is 11.4 Å². The van der Waals surface area contributed by atoms with Crippen LogP contribution in [0.4, 0.5) is 10.1 Å². The lowest BCUT2D eigenvalue weighted by atomic mass is 9.55. The number of nitrogens with zero attached hydrogens (tertiary/aromatic N) is 4. The van der Waals surface area contributed by atoms with Gasteiger partial charge in [-0.2, -0.15) is 0 Å². The van der Waals surface area contributed by atoms with Crippen LogP contribution in [0.15, 0.2) is 84.7 Å². The molecule has 0 radical (unpaired) electrons. The minimum absolute atomic E-state index is 0.132. The summed E-state index contributed by atoms with van der Waals surface area (Å²) in [6, 6.07) is 21.0. The number of allylic oxidation sites excluding steroid dienone is 1. The summed E-state index contributed by atoms with van der Waals surface area (Å²) in [4.78, 5) is 30.7. The van der Waals surface area contributed by atoms with Gasteiger partial charge in [-0.15, -0.1) is 0 Å². The number of anilines is 1. The molecule has 2 heterocycles. The zero-order valence-electron chi connectivity index (χ0n) is 24.3. The van der Waals surface area contributed by atoms with E-state index in [2.05, 4.69) is 24.9 Å². The van der Waals surface area contributed by atoms with E-state index in [4.69, 9.17) is 9.97 Å². The first kappa shape index (κ1) is 26.7. The number of para-hydroxylation sites is 1. The lowest BCUT2D eigenvalue weighted by molar-refractivity contribution is -0.123. The second-order valence-electron chi connectivity index (χ2n) is 12.4. The Labute approximate surface area is 246 Å². The average molecular weight is 559 g/mol. The van der Waals surface area contributed by atoms with Gasteiger partial charge in [-0.3, -0.25) is 9.78 Å². The van der Waals surface area contributed by atoms with Gasteiger partial charge in [0.1, 0.15) is 5.82 Å². The van der Waals surface area contributed by atoms with Crippen LogP contribution in [-0.2, 0) is 16.6 Å². The van der Waals surface area contributed by atoms with Gasteiger partial charge in [0, 0.05) is 70.3 Å².